The number of aliphatic hydroxyl groups excluding tert-OH is 2. The molecule has 2 amide bonds. The van der Waals surface area contributed by atoms with Gasteiger partial charge in [-0.1, -0.05) is 38.3 Å². The topological polar surface area (TPSA) is 108 Å². The van der Waals surface area contributed by atoms with Crippen LogP contribution in [0.5, 0.6) is 5.75 Å². The summed E-state index contributed by atoms with van der Waals surface area (Å²) in [6.07, 6.45) is 3.88. The summed E-state index contributed by atoms with van der Waals surface area (Å²) >= 11 is 2.16. The van der Waals surface area contributed by atoms with Crippen LogP contribution < -0.4 is 10.1 Å². The molecular formula is C25H37IN2O6. The number of para-hydroxylation sites is 1. The molecule has 0 heterocycles. The minimum absolute atomic E-state index is 0.0780. The molecule has 0 aromatic heterocycles. The molecule has 0 spiro atoms. The molecule has 1 aliphatic carbocycles. The van der Waals surface area contributed by atoms with Crippen LogP contribution in [0, 0.1) is 3.57 Å². The highest BCUT2D eigenvalue weighted by Crippen LogP contribution is 2.30. The molecule has 2 rings (SSSR count). The summed E-state index contributed by atoms with van der Waals surface area (Å²) in [5.41, 5.74) is 0.419. The zero-order valence-electron chi connectivity index (χ0n) is 20.0. The van der Waals surface area contributed by atoms with Gasteiger partial charge in [-0.25, -0.2) is 0 Å². The number of carbonyl (C=O) groups is 2. The predicted molar refractivity (Wildman–Crippen MR) is 139 cm³/mol. The Kier molecular flexibility index (Phi) is 12.9. The van der Waals surface area contributed by atoms with Crippen molar-refractivity contribution in [3.8, 4) is 5.75 Å². The predicted octanol–water partition coefficient (Wildman–Crippen LogP) is 2.65. The summed E-state index contributed by atoms with van der Waals surface area (Å²) in [6.45, 7) is 4.69. The van der Waals surface area contributed by atoms with Crippen molar-refractivity contribution < 1.29 is 29.3 Å². The molecule has 34 heavy (non-hydrogen) atoms. The first-order valence-corrected chi connectivity index (χ1v) is 13.1. The van der Waals surface area contributed by atoms with E-state index in [9.17, 15) is 14.7 Å². The molecule has 0 saturated heterocycles. The van der Waals surface area contributed by atoms with E-state index in [1.165, 1.54) is 0 Å². The van der Waals surface area contributed by atoms with E-state index in [-0.39, 0.29) is 38.0 Å². The van der Waals surface area contributed by atoms with E-state index in [2.05, 4.69) is 34.8 Å². The lowest BCUT2D eigenvalue weighted by Crippen LogP contribution is -2.56. The number of nitrogens with zero attached hydrogens (tertiary/aromatic N) is 1. The van der Waals surface area contributed by atoms with Crippen molar-refractivity contribution in [2.45, 2.75) is 64.2 Å². The molecule has 1 aliphatic rings. The maximum Gasteiger partial charge on any atom is 0.248 e. The van der Waals surface area contributed by atoms with Crippen LogP contribution >= 0.6 is 22.6 Å². The fourth-order valence-corrected chi connectivity index (χ4v) is 4.44. The lowest BCUT2D eigenvalue weighted by Gasteiger charge is -2.40. The van der Waals surface area contributed by atoms with Gasteiger partial charge in [-0.3, -0.25) is 9.59 Å². The van der Waals surface area contributed by atoms with Crippen molar-refractivity contribution >= 4 is 34.4 Å². The van der Waals surface area contributed by atoms with Crippen molar-refractivity contribution in [2.24, 2.45) is 0 Å². The minimum atomic E-state index is -1.03. The van der Waals surface area contributed by atoms with Gasteiger partial charge in [0.15, 0.2) is 0 Å². The Bertz CT molecular complexity index is 818. The van der Waals surface area contributed by atoms with Crippen LogP contribution in [0.15, 0.2) is 35.9 Å². The second-order valence-corrected chi connectivity index (χ2v) is 9.39. The van der Waals surface area contributed by atoms with Gasteiger partial charge in [0, 0.05) is 31.7 Å². The smallest absolute Gasteiger partial charge is 0.248 e. The number of benzene rings is 1. The lowest BCUT2D eigenvalue weighted by atomic mass is 9.88. The van der Waals surface area contributed by atoms with Gasteiger partial charge in [-0.2, -0.15) is 0 Å². The highest BCUT2D eigenvalue weighted by atomic mass is 127. The Hall–Kier alpha value is -1.69. The molecule has 190 valence electrons. The molecule has 9 heteroatoms. The molecule has 0 bridgehead atoms. The summed E-state index contributed by atoms with van der Waals surface area (Å²) < 4.78 is 12.4. The average molecular weight is 588 g/mol. The largest absolute Gasteiger partial charge is 0.482 e. The molecule has 0 aliphatic heterocycles. The van der Waals surface area contributed by atoms with Gasteiger partial charge in [-0.05, 0) is 54.1 Å². The summed E-state index contributed by atoms with van der Waals surface area (Å²) in [4.78, 5) is 27.5. The minimum Gasteiger partial charge on any atom is -0.482 e. The highest BCUT2D eigenvalue weighted by molar-refractivity contribution is 14.1. The summed E-state index contributed by atoms with van der Waals surface area (Å²) in [7, 11) is 0. The van der Waals surface area contributed by atoms with E-state index in [0.29, 0.717) is 24.5 Å². The van der Waals surface area contributed by atoms with Crippen LogP contribution in [0.25, 0.3) is 0 Å². The molecule has 0 fully saturated rings. The van der Waals surface area contributed by atoms with Gasteiger partial charge >= 0.3 is 0 Å². The van der Waals surface area contributed by atoms with Gasteiger partial charge in [0.2, 0.25) is 11.8 Å². The van der Waals surface area contributed by atoms with Crippen LogP contribution in [-0.2, 0) is 14.3 Å². The van der Waals surface area contributed by atoms with Crippen molar-refractivity contribution in [1.82, 2.24) is 10.2 Å². The van der Waals surface area contributed by atoms with E-state index in [1.807, 2.05) is 25.1 Å². The van der Waals surface area contributed by atoms with E-state index in [1.54, 1.807) is 17.0 Å². The van der Waals surface area contributed by atoms with Crippen LogP contribution in [0.4, 0.5) is 0 Å². The standard InChI is InChI=1S/C25H37IN2O6/c1-3-5-6-9-13-28(23(30)17-33-4-2)20-15-18(25(32)27-12-14-29)16-22(24(20)31)34-21-11-8-7-10-19(21)26/h7-8,10-11,16,20,22,24,29,31H,3-6,9,12-15,17H2,1-2H3,(H,27,32)/t20-,22+,24+/m1/s1. The summed E-state index contributed by atoms with van der Waals surface area (Å²) in [5.74, 6) is 0.0345. The molecule has 1 aromatic carbocycles. The van der Waals surface area contributed by atoms with Gasteiger partial charge in [0.1, 0.15) is 24.6 Å². The molecule has 0 unspecified atom stereocenters. The van der Waals surface area contributed by atoms with Crippen LogP contribution in [0.2, 0.25) is 0 Å². The van der Waals surface area contributed by atoms with Gasteiger partial charge in [0.05, 0.1) is 16.2 Å². The maximum atomic E-state index is 13.1. The number of hydrogen-bond donors (Lipinski definition) is 3. The average Bonchev–Trinajstić information content (AvgIpc) is 2.84. The molecule has 3 N–H and O–H groups in total. The van der Waals surface area contributed by atoms with Crippen LogP contribution in [0.3, 0.4) is 0 Å². The zero-order chi connectivity index (χ0) is 24.9. The Morgan fingerprint density at radius 3 is 2.65 bits per heavy atom. The zero-order valence-corrected chi connectivity index (χ0v) is 22.2. The van der Waals surface area contributed by atoms with Crippen molar-refractivity contribution in [3.05, 3.63) is 39.5 Å². The number of aliphatic hydroxyl groups is 2. The normalized spacial score (nSPS) is 19.9. The Morgan fingerprint density at radius 2 is 1.97 bits per heavy atom. The number of ether oxygens (including phenoxy) is 2. The number of amides is 2. The highest BCUT2D eigenvalue weighted by Gasteiger charge is 2.40. The first-order valence-electron chi connectivity index (χ1n) is 12.0. The Balaban J connectivity index is 2.33. The molecular weight excluding hydrogens is 551 g/mol. The fraction of sp³-hybridized carbons (Fsp3) is 0.600. The van der Waals surface area contributed by atoms with Crippen molar-refractivity contribution in [1.29, 1.82) is 0 Å². The third-order valence-electron chi connectivity index (χ3n) is 5.72. The second-order valence-electron chi connectivity index (χ2n) is 8.23. The van der Waals surface area contributed by atoms with Crippen molar-refractivity contribution in [3.63, 3.8) is 0 Å². The first kappa shape index (κ1) is 28.5. The third kappa shape index (κ3) is 8.51. The number of carbonyl (C=O) groups excluding carboxylic acids is 2. The summed E-state index contributed by atoms with van der Waals surface area (Å²) in [5, 5.41) is 23.1. The van der Waals surface area contributed by atoms with Gasteiger partial charge in [-0.15, -0.1) is 0 Å². The van der Waals surface area contributed by atoms with Crippen molar-refractivity contribution in [2.75, 3.05) is 32.9 Å². The first-order chi connectivity index (χ1) is 16.4. The molecule has 0 radical (unpaired) electrons. The summed E-state index contributed by atoms with van der Waals surface area (Å²) in [6, 6.07) is 6.80. The molecule has 0 saturated carbocycles. The van der Waals surface area contributed by atoms with Gasteiger partial charge < -0.3 is 29.9 Å². The molecule has 1 aromatic rings. The number of unbranched alkanes of at least 4 members (excludes halogenated alkanes) is 3. The maximum absolute atomic E-state index is 13.1. The van der Waals surface area contributed by atoms with E-state index in [4.69, 9.17) is 14.6 Å². The number of halogens is 1. The Labute approximate surface area is 215 Å². The lowest BCUT2D eigenvalue weighted by molar-refractivity contribution is -0.143. The van der Waals surface area contributed by atoms with Crippen LogP contribution in [-0.4, -0.2) is 78.1 Å². The SMILES string of the molecule is CCCCCCN(C(=O)COCC)[C@@H]1CC(C(=O)NCCO)=C[C@H](Oc2ccccc2I)[C@H]1O. The Morgan fingerprint density at radius 1 is 1.21 bits per heavy atom. The van der Waals surface area contributed by atoms with Gasteiger partial charge in [0.25, 0.3) is 0 Å². The monoisotopic (exact) mass is 588 g/mol. The fourth-order valence-electron chi connectivity index (χ4n) is 3.92. The van der Waals surface area contributed by atoms with E-state index in [0.717, 1.165) is 29.3 Å². The third-order valence-corrected chi connectivity index (χ3v) is 6.61. The number of rotatable bonds is 14. The molecule has 8 nitrogen and oxygen atoms in total. The molecule has 3 atom stereocenters. The van der Waals surface area contributed by atoms with E-state index < -0.39 is 18.2 Å². The van der Waals surface area contributed by atoms with E-state index >= 15 is 0 Å². The number of hydrogen-bond acceptors (Lipinski definition) is 6. The number of nitrogens with one attached hydrogen (secondary N) is 1. The second kappa shape index (κ2) is 15.3. The van der Waals surface area contributed by atoms with Crippen LogP contribution in [0.1, 0.15) is 46.0 Å². The quantitative estimate of drug-likeness (QED) is 0.228.